The molecule has 7 heteroatoms. The maximum Gasteiger partial charge on any atom is 0.228 e. The van der Waals surface area contributed by atoms with Crippen molar-refractivity contribution in [2.45, 2.75) is 32.9 Å². The molecule has 0 saturated carbocycles. The molecule has 3 rings (SSSR count). The summed E-state index contributed by atoms with van der Waals surface area (Å²) in [5.74, 6) is 1.30. The molecule has 0 atom stereocenters. The second kappa shape index (κ2) is 8.56. The summed E-state index contributed by atoms with van der Waals surface area (Å²) in [6, 6.07) is 10.3. The number of methoxy groups -OCH3 is 1. The average molecular weight is 383 g/mol. The van der Waals surface area contributed by atoms with Crippen LogP contribution in [-0.2, 0) is 16.9 Å². The summed E-state index contributed by atoms with van der Waals surface area (Å²) in [5, 5.41) is 2.99. The number of rotatable bonds is 6. The van der Waals surface area contributed by atoms with E-state index in [0.717, 1.165) is 44.2 Å². The summed E-state index contributed by atoms with van der Waals surface area (Å²) in [6.45, 7) is 10.2. The number of amides is 1. The minimum absolute atomic E-state index is 0.0213. The van der Waals surface area contributed by atoms with E-state index < -0.39 is 0 Å². The number of carbonyl (C=O) groups is 1. The van der Waals surface area contributed by atoms with Gasteiger partial charge in [0.25, 0.3) is 0 Å². The molecule has 1 aromatic heterocycles. The Labute approximate surface area is 166 Å². The maximum atomic E-state index is 11.4. The largest absolute Gasteiger partial charge is 0.481 e. The summed E-state index contributed by atoms with van der Waals surface area (Å²) in [6.07, 6.45) is 1.73. The maximum absolute atomic E-state index is 11.4. The standard InChI is InChI=1S/C21H29N5O2/c1-16(27)24-21(2,3)18-7-5-17(6-8-18)15-25-11-13-26(14-12-25)20-22-10-9-19(23-20)28-4/h5-10H,11-15H2,1-4H3,(H,24,27). The van der Waals surface area contributed by atoms with Gasteiger partial charge in [0.15, 0.2) is 0 Å². The average Bonchev–Trinajstić information content (AvgIpc) is 2.68. The predicted molar refractivity (Wildman–Crippen MR) is 109 cm³/mol. The van der Waals surface area contributed by atoms with Crippen LogP contribution in [0.15, 0.2) is 36.5 Å². The molecule has 7 nitrogen and oxygen atoms in total. The Bertz CT molecular complexity index is 799. The Morgan fingerprint density at radius 3 is 2.43 bits per heavy atom. The number of benzene rings is 1. The van der Waals surface area contributed by atoms with E-state index in [4.69, 9.17) is 4.74 Å². The van der Waals surface area contributed by atoms with Gasteiger partial charge in [-0.15, -0.1) is 0 Å². The molecule has 150 valence electrons. The highest BCUT2D eigenvalue weighted by Gasteiger charge is 2.22. The molecule has 28 heavy (non-hydrogen) atoms. The number of nitrogens with one attached hydrogen (secondary N) is 1. The number of hydrogen-bond acceptors (Lipinski definition) is 6. The zero-order valence-corrected chi connectivity index (χ0v) is 17.1. The highest BCUT2D eigenvalue weighted by atomic mass is 16.5. The molecule has 1 aromatic carbocycles. The van der Waals surface area contributed by atoms with E-state index in [2.05, 4.69) is 49.4 Å². The van der Waals surface area contributed by atoms with Crippen LogP contribution in [0.2, 0.25) is 0 Å². The Kier molecular flexibility index (Phi) is 6.14. The molecule has 1 fully saturated rings. The monoisotopic (exact) mass is 383 g/mol. The van der Waals surface area contributed by atoms with E-state index in [9.17, 15) is 4.79 Å². The van der Waals surface area contributed by atoms with Gasteiger partial charge in [0.1, 0.15) is 0 Å². The zero-order chi connectivity index (χ0) is 20.1. The van der Waals surface area contributed by atoms with Crippen LogP contribution in [0.1, 0.15) is 31.9 Å². The van der Waals surface area contributed by atoms with E-state index in [0.29, 0.717) is 5.88 Å². The summed E-state index contributed by atoms with van der Waals surface area (Å²) in [5.41, 5.74) is 2.01. The molecule has 0 aliphatic carbocycles. The van der Waals surface area contributed by atoms with Gasteiger partial charge >= 0.3 is 0 Å². The van der Waals surface area contributed by atoms with Gasteiger partial charge in [-0.05, 0) is 25.0 Å². The summed E-state index contributed by atoms with van der Waals surface area (Å²) in [4.78, 5) is 24.8. The predicted octanol–water partition coefficient (Wildman–Crippen LogP) is 2.18. The van der Waals surface area contributed by atoms with Crippen LogP contribution in [0.25, 0.3) is 0 Å². The van der Waals surface area contributed by atoms with Gasteiger partial charge in [-0.1, -0.05) is 24.3 Å². The Morgan fingerprint density at radius 1 is 1.14 bits per heavy atom. The molecule has 0 radical (unpaired) electrons. The van der Waals surface area contributed by atoms with Gasteiger partial charge < -0.3 is 15.0 Å². The van der Waals surface area contributed by atoms with Crippen LogP contribution in [-0.4, -0.2) is 54.1 Å². The first kappa shape index (κ1) is 20.1. The molecule has 0 bridgehead atoms. The van der Waals surface area contributed by atoms with E-state index in [1.807, 2.05) is 13.8 Å². The van der Waals surface area contributed by atoms with Gasteiger partial charge in [-0.25, -0.2) is 4.98 Å². The second-order valence-corrected chi connectivity index (χ2v) is 7.67. The summed E-state index contributed by atoms with van der Waals surface area (Å²) < 4.78 is 5.19. The quantitative estimate of drug-likeness (QED) is 0.825. The minimum atomic E-state index is -0.368. The topological polar surface area (TPSA) is 70.6 Å². The zero-order valence-electron chi connectivity index (χ0n) is 17.1. The summed E-state index contributed by atoms with van der Waals surface area (Å²) in [7, 11) is 1.62. The third-order valence-electron chi connectivity index (χ3n) is 5.05. The Balaban J connectivity index is 1.55. The van der Waals surface area contributed by atoms with E-state index in [-0.39, 0.29) is 11.4 Å². The highest BCUT2D eigenvalue weighted by molar-refractivity contribution is 5.74. The normalized spacial score (nSPS) is 15.4. The van der Waals surface area contributed by atoms with Gasteiger partial charge in [-0.2, -0.15) is 4.98 Å². The van der Waals surface area contributed by atoms with Gasteiger partial charge in [-0.3, -0.25) is 9.69 Å². The van der Waals surface area contributed by atoms with E-state index in [1.54, 1.807) is 26.3 Å². The molecule has 1 saturated heterocycles. The van der Waals surface area contributed by atoms with Crippen molar-refractivity contribution in [3.05, 3.63) is 47.7 Å². The van der Waals surface area contributed by atoms with Crippen molar-refractivity contribution < 1.29 is 9.53 Å². The molecular weight excluding hydrogens is 354 g/mol. The number of anilines is 1. The number of aromatic nitrogens is 2. The second-order valence-electron chi connectivity index (χ2n) is 7.67. The molecular formula is C21H29N5O2. The first-order valence-corrected chi connectivity index (χ1v) is 9.60. The molecule has 0 spiro atoms. The van der Waals surface area contributed by atoms with Crippen molar-refractivity contribution in [1.82, 2.24) is 20.2 Å². The number of hydrogen-bond donors (Lipinski definition) is 1. The van der Waals surface area contributed by atoms with Crippen LogP contribution in [0.3, 0.4) is 0 Å². The van der Waals surface area contributed by atoms with E-state index in [1.165, 1.54) is 5.56 Å². The lowest BCUT2D eigenvalue weighted by Crippen LogP contribution is -2.46. The lowest BCUT2D eigenvalue weighted by molar-refractivity contribution is -0.120. The number of nitrogens with zero attached hydrogens (tertiary/aromatic N) is 4. The van der Waals surface area contributed by atoms with Crippen LogP contribution < -0.4 is 15.0 Å². The fraction of sp³-hybridized carbons (Fsp3) is 0.476. The fourth-order valence-electron chi connectivity index (χ4n) is 3.50. The van der Waals surface area contributed by atoms with Crippen LogP contribution >= 0.6 is 0 Å². The van der Waals surface area contributed by atoms with Gasteiger partial charge in [0.05, 0.1) is 12.6 Å². The molecule has 1 aliphatic rings. The van der Waals surface area contributed by atoms with Gasteiger partial charge in [0.2, 0.25) is 17.7 Å². The number of piperazine rings is 1. The Hall–Kier alpha value is -2.67. The third kappa shape index (κ3) is 4.98. The molecule has 1 aliphatic heterocycles. The minimum Gasteiger partial charge on any atom is -0.481 e. The molecule has 1 amide bonds. The third-order valence-corrected chi connectivity index (χ3v) is 5.05. The first-order chi connectivity index (χ1) is 13.4. The van der Waals surface area contributed by atoms with Crippen molar-refractivity contribution in [1.29, 1.82) is 0 Å². The lowest BCUT2D eigenvalue weighted by Gasteiger charge is -2.34. The van der Waals surface area contributed by atoms with Crippen LogP contribution in [0.4, 0.5) is 5.95 Å². The van der Waals surface area contributed by atoms with Crippen LogP contribution in [0, 0.1) is 0 Å². The highest BCUT2D eigenvalue weighted by Crippen LogP contribution is 2.21. The van der Waals surface area contributed by atoms with Gasteiger partial charge in [0, 0.05) is 51.9 Å². The number of ether oxygens (including phenoxy) is 1. The molecule has 2 aromatic rings. The van der Waals surface area contributed by atoms with Crippen molar-refractivity contribution in [3.63, 3.8) is 0 Å². The number of carbonyl (C=O) groups excluding carboxylic acids is 1. The van der Waals surface area contributed by atoms with Crippen LogP contribution in [0.5, 0.6) is 5.88 Å². The van der Waals surface area contributed by atoms with E-state index >= 15 is 0 Å². The summed E-state index contributed by atoms with van der Waals surface area (Å²) >= 11 is 0. The SMILES string of the molecule is COc1ccnc(N2CCN(Cc3ccc(C(C)(C)NC(C)=O)cc3)CC2)n1. The molecule has 0 unspecified atom stereocenters. The molecule has 1 N–H and O–H groups in total. The van der Waals surface area contributed by atoms with Crippen molar-refractivity contribution in [2.75, 3.05) is 38.2 Å². The van der Waals surface area contributed by atoms with Crippen molar-refractivity contribution >= 4 is 11.9 Å². The first-order valence-electron chi connectivity index (χ1n) is 9.60. The fourth-order valence-corrected chi connectivity index (χ4v) is 3.50. The smallest absolute Gasteiger partial charge is 0.228 e. The van der Waals surface area contributed by atoms with Crippen molar-refractivity contribution in [2.24, 2.45) is 0 Å². The Morgan fingerprint density at radius 2 is 1.82 bits per heavy atom. The molecule has 2 heterocycles. The lowest BCUT2D eigenvalue weighted by atomic mass is 9.93. The van der Waals surface area contributed by atoms with Crippen molar-refractivity contribution in [3.8, 4) is 5.88 Å².